The molecule has 1 N–H and O–H groups in total. The molecule has 0 saturated carbocycles. The van der Waals surface area contributed by atoms with Gasteiger partial charge in [0.2, 0.25) is 0 Å². The van der Waals surface area contributed by atoms with Gasteiger partial charge in [0.05, 0.1) is 6.54 Å². The van der Waals surface area contributed by atoms with Crippen LogP contribution in [0, 0.1) is 0 Å². The van der Waals surface area contributed by atoms with E-state index in [1.807, 2.05) is 13.4 Å². The molecule has 0 aliphatic carbocycles. The fourth-order valence-corrected chi connectivity index (χ4v) is 3.08. The zero-order chi connectivity index (χ0) is 13.9. The van der Waals surface area contributed by atoms with Crippen molar-refractivity contribution in [2.45, 2.75) is 26.2 Å². The SMILES string of the molecule is CNCc1ccc(CN2CCn3cnnc3C2)c(Br)c1. The van der Waals surface area contributed by atoms with Crippen molar-refractivity contribution in [3.63, 3.8) is 0 Å². The number of hydrogen-bond donors (Lipinski definition) is 1. The van der Waals surface area contributed by atoms with Crippen molar-refractivity contribution in [1.29, 1.82) is 0 Å². The maximum absolute atomic E-state index is 4.16. The van der Waals surface area contributed by atoms with Gasteiger partial charge in [0.15, 0.2) is 0 Å². The summed E-state index contributed by atoms with van der Waals surface area (Å²) in [6.07, 6.45) is 1.81. The summed E-state index contributed by atoms with van der Waals surface area (Å²) < 4.78 is 3.30. The molecule has 1 aromatic heterocycles. The molecule has 0 saturated heterocycles. The molecule has 0 unspecified atom stereocenters. The van der Waals surface area contributed by atoms with Crippen LogP contribution in [0.25, 0.3) is 0 Å². The van der Waals surface area contributed by atoms with E-state index in [-0.39, 0.29) is 0 Å². The first-order valence-electron chi connectivity index (χ1n) is 6.77. The third-order valence-electron chi connectivity index (χ3n) is 3.61. The van der Waals surface area contributed by atoms with Crippen molar-refractivity contribution >= 4 is 15.9 Å². The highest BCUT2D eigenvalue weighted by molar-refractivity contribution is 9.10. The molecule has 3 rings (SSSR count). The van der Waals surface area contributed by atoms with Gasteiger partial charge < -0.3 is 9.88 Å². The van der Waals surface area contributed by atoms with Crippen LogP contribution in [0.1, 0.15) is 17.0 Å². The Hall–Kier alpha value is -1.24. The van der Waals surface area contributed by atoms with Gasteiger partial charge in [0.1, 0.15) is 12.2 Å². The lowest BCUT2D eigenvalue weighted by Crippen LogP contribution is -2.33. The van der Waals surface area contributed by atoms with Gasteiger partial charge in [-0.2, -0.15) is 0 Å². The summed E-state index contributed by atoms with van der Waals surface area (Å²) in [6.45, 7) is 4.71. The summed E-state index contributed by atoms with van der Waals surface area (Å²) >= 11 is 3.68. The molecule has 6 heteroatoms. The Kier molecular flexibility index (Phi) is 4.14. The van der Waals surface area contributed by atoms with Crippen molar-refractivity contribution in [1.82, 2.24) is 25.0 Å². The first-order chi connectivity index (χ1) is 9.76. The number of nitrogens with zero attached hydrogens (tertiary/aromatic N) is 4. The van der Waals surface area contributed by atoms with E-state index in [1.165, 1.54) is 15.6 Å². The van der Waals surface area contributed by atoms with Crippen molar-refractivity contribution < 1.29 is 0 Å². The molecule has 0 fully saturated rings. The Morgan fingerprint density at radius 3 is 3.05 bits per heavy atom. The number of halogens is 1. The third kappa shape index (κ3) is 2.92. The molecule has 0 radical (unpaired) electrons. The fourth-order valence-electron chi connectivity index (χ4n) is 2.53. The number of fused-ring (bicyclic) bond motifs is 1. The first kappa shape index (κ1) is 13.7. The molecule has 106 valence electrons. The average Bonchev–Trinajstić information content (AvgIpc) is 2.90. The van der Waals surface area contributed by atoms with E-state index in [0.717, 1.165) is 38.5 Å². The van der Waals surface area contributed by atoms with Gasteiger partial charge in [-0.3, -0.25) is 4.90 Å². The summed E-state index contributed by atoms with van der Waals surface area (Å²) in [7, 11) is 1.96. The molecule has 0 atom stereocenters. The van der Waals surface area contributed by atoms with Crippen molar-refractivity contribution in [3.8, 4) is 0 Å². The summed E-state index contributed by atoms with van der Waals surface area (Å²) in [4.78, 5) is 2.40. The summed E-state index contributed by atoms with van der Waals surface area (Å²) in [5.74, 6) is 1.05. The second-order valence-corrected chi connectivity index (χ2v) is 5.96. The van der Waals surface area contributed by atoms with E-state index in [1.54, 1.807) is 0 Å². The van der Waals surface area contributed by atoms with Crippen LogP contribution in [-0.4, -0.2) is 33.3 Å². The highest BCUT2D eigenvalue weighted by atomic mass is 79.9. The molecule has 2 aromatic rings. The van der Waals surface area contributed by atoms with Crippen molar-refractivity contribution in [3.05, 3.63) is 46.0 Å². The molecular formula is C14H18BrN5. The monoisotopic (exact) mass is 335 g/mol. The smallest absolute Gasteiger partial charge is 0.147 e. The van der Waals surface area contributed by atoms with Crippen LogP contribution in [0.3, 0.4) is 0 Å². The predicted molar refractivity (Wildman–Crippen MR) is 81.0 cm³/mol. The Morgan fingerprint density at radius 1 is 1.35 bits per heavy atom. The van der Waals surface area contributed by atoms with Crippen LogP contribution >= 0.6 is 15.9 Å². The predicted octanol–water partition coefficient (Wildman–Crippen LogP) is 1.78. The van der Waals surface area contributed by atoms with E-state index in [0.29, 0.717) is 0 Å². The number of nitrogens with one attached hydrogen (secondary N) is 1. The van der Waals surface area contributed by atoms with Crippen LogP contribution < -0.4 is 5.32 Å². The van der Waals surface area contributed by atoms with Gasteiger partial charge in [-0.25, -0.2) is 0 Å². The normalized spacial score (nSPS) is 15.3. The number of hydrogen-bond acceptors (Lipinski definition) is 4. The molecule has 1 aromatic carbocycles. The maximum Gasteiger partial charge on any atom is 0.147 e. The standard InChI is InChI=1S/C14H18BrN5/c1-16-7-11-2-3-12(13(15)6-11)8-19-4-5-20-10-17-18-14(20)9-19/h2-3,6,10,16H,4-5,7-9H2,1H3. The van der Waals surface area contributed by atoms with Gasteiger partial charge in [0, 0.05) is 30.7 Å². The van der Waals surface area contributed by atoms with E-state index in [4.69, 9.17) is 0 Å². The second kappa shape index (κ2) is 6.03. The molecule has 20 heavy (non-hydrogen) atoms. The van der Waals surface area contributed by atoms with E-state index >= 15 is 0 Å². The zero-order valence-electron chi connectivity index (χ0n) is 11.5. The average molecular weight is 336 g/mol. The molecule has 0 spiro atoms. The van der Waals surface area contributed by atoms with Crippen molar-refractivity contribution in [2.75, 3.05) is 13.6 Å². The highest BCUT2D eigenvalue weighted by Crippen LogP contribution is 2.22. The summed E-state index contributed by atoms with van der Waals surface area (Å²) in [6, 6.07) is 6.58. The van der Waals surface area contributed by atoms with E-state index < -0.39 is 0 Å². The summed E-state index contributed by atoms with van der Waals surface area (Å²) in [5, 5.41) is 11.3. The molecule has 0 amide bonds. The van der Waals surface area contributed by atoms with Crippen LogP contribution in [0.4, 0.5) is 0 Å². The number of rotatable bonds is 4. The van der Waals surface area contributed by atoms with Crippen LogP contribution in [0.5, 0.6) is 0 Å². The van der Waals surface area contributed by atoms with Gasteiger partial charge in [-0.1, -0.05) is 28.1 Å². The Bertz CT molecular complexity index is 595. The first-order valence-corrected chi connectivity index (χ1v) is 7.56. The molecule has 1 aliphatic heterocycles. The largest absolute Gasteiger partial charge is 0.316 e. The van der Waals surface area contributed by atoms with Crippen LogP contribution in [0.15, 0.2) is 29.0 Å². The van der Waals surface area contributed by atoms with Gasteiger partial charge in [0.25, 0.3) is 0 Å². The molecule has 2 heterocycles. The minimum atomic E-state index is 0.866. The molecular weight excluding hydrogens is 318 g/mol. The number of benzene rings is 1. The van der Waals surface area contributed by atoms with Gasteiger partial charge >= 0.3 is 0 Å². The van der Waals surface area contributed by atoms with Crippen molar-refractivity contribution in [2.24, 2.45) is 0 Å². The molecule has 1 aliphatic rings. The lowest BCUT2D eigenvalue weighted by atomic mass is 10.1. The molecule has 0 bridgehead atoms. The number of aromatic nitrogens is 3. The quantitative estimate of drug-likeness (QED) is 0.925. The third-order valence-corrected chi connectivity index (χ3v) is 4.35. The Morgan fingerprint density at radius 2 is 2.25 bits per heavy atom. The van der Waals surface area contributed by atoms with Crippen LogP contribution in [0.2, 0.25) is 0 Å². The van der Waals surface area contributed by atoms with Gasteiger partial charge in [-0.05, 0) is 24.2 Å². The minimum absolute atomic E-state index is 0.866. The van der Waals surface area contributed by atoms with E-state index in [9.17, 15) is 0 Å². The Labute approximate surface area is 127 Å². The topological polar surface area (TPSA) is 46.0 Å². The Balaban J connectivity index is 1.69. The lowest BCUT2D eigenvalue weighted by molar-refractivity contribution is 0.208. The maximum atomic E-state index is 4.16. The minimum Gasteiger partial charge on any atom is -0.316 e. The second-order valence-electron chi connectivity index (χ2n) is 5.11. The van der Waals surface area contributed by atoms with E-state index in [2.05, 4.69) is 59.1 Å². The highest BCUT2D eigenvalue weighted by Gasteiger charge is 2.18. The van der Waals surface area contributed by atoms with Crippen LogP contribution in [-0.2, 0) is 26.2 Å². The lowest BCUT2D eigenvalue weighted by Gasteiger charge is -2.27. The zero-order valence-corrected chi connectivity index (χ0v) is 13.1. The summed E-state index contributed by atoms with van der Waals surface area (Å²) in [5.41, 5.74) is 2.61. The molecule has 5 nitrogen and oxygen atoms in total. The van der Waals surface area contributed by atoms with Gasteiger partial charge in [-0.15, -0.1) is 10.2 Å². The fraction of sp³-hybridized carbons (Fsp3) is 0.429.